The molecule has 0 aliphatic carbocycles. The summed E-state index contributed by atoms with van der Waals surface area (Å²) < 4.78 is 5.27. The van der Waals surface area contributed by atoms with Crippen LogP contribution in [0.4, 0.5) is 11.4 Å². The third-order valence-electron chi connectivity index (χ3n) is 4.54. The Bertz CT molecular complexity index is 837. The Labute approximate surface area is 168 Å². The van der Waals surface area contributed by atoms with Crippen molar-refractivity contribution in [3.8, 4) is 0 Å². The first kappa shape index (κ1) is 20.7. The summed E-state index contributed by atoms with van der Waals surface area (Å²) in [6.45, 7) is 3.46. The number of ether oxygens (including phenoxy) is 1. The van der Waals surface area contributed by atoms with Gasteiger partial charge in [-0.25, -0.2) is 0 Å². The molecule has 9 heteroatoms. The number of carbonyl (C=O) groups is 2. The molecule has 1 unspecified atom stereocenters. The number of benzene rings is 1. The number of aliphatic hydroxyl groups excluding tert-OH is 1. The van der Waals surface area contributed by atoms with E-state index < -0.39 is 12.0 Å². The van der Waals surface area contributed by atoms with Crippen molar-refractivity contribution < 1.29 is 19.4 Å². The van der Waals surface area contributed by atoms with Crippen LogP contribution in [-0.2, 0) is 4.74 Å². The maximum atomic E-state index is 12.3. The fraction of sp³-hybridized carbons (Fsp3) is 0.350. The Kier molecular flexibility index (Phi) is 7.12. The molecular weight excluding hydrogens is 374 g/mol. The summed E-state index contributed by atoms with van der Waals surface area (Å²) in [4.78, 5) is 30.7. The molecule has 1 aromatic carbocycles. The second kappa shape index (κ2) is 9.97. The molecule has 1 saturated heterocycles. The summed E-state index contributed by atoms with van der Waals surface area (Å²) in [5, 5.41) is 15.5. The number of nitrogens with two attached hydrogens (primary N) is 1. The van der Waals surface area contributed by atoms with Crippen LogP contribution in [0.15, 0.2) is 42.6 Å². The van der Waals surface area contributed by atoms with Gasteiger partial charge in [0.2, 0.25) is 0 Å². The van der Waals surface area contributed by atoms with Gasteiger partial charge in [0.15, 0.2) is 0 Å². The van der Waals surface area contributed by atoms with Gasteiger partial charge >= 0.3 is 0 Å². The maximum Gasteiger partial charge on any atom is 0.274 e. The summed E-state index contributed by atoms with van der Waals surface area (Å²) in [5.41, 5.74) is 7.23. The van der Waals surface area contributed by atoms with Crippen LogP contribution in [0.2, 0.25) is 0 Å². The van der Waals surface area contributed by atoms with Crippen LogP contribution in [0.25, 0.3) is 0 Å². The maximum absolute atomic E-state index is 12.3. The number of nitrogen functional groups attached to an aromatic ring is 1. The summed E-state index contributed by atoms with van der Waals surface area (Å²) in [5.74, 6) is -0.784. The van der Waals surface area contributed by atoms with Crippen molar-refractivity contribution in [2.75, 3.05) is 50.4 Å². The minimum atomic E-state index is -0.675. The van der Waals surface area contributed by atoms with Gasteiger partial charge in [-0.15, -0.1) is 0 Å². The van der Waals surface area contributed by atoms with E-state index in [4.69, 9.17) is 10.5 Å². The Morgan fingerprint density at radius 2 is 1.93 bits per heavy atom. The number of aliphatic hydroxyl groups is 1. The summed E-state index contributed by atoms with van der Waals surface area (Å²) in [7, 11) is 0. The van der Waals surface area contributed by atoms with Crippen molar-refractivity contribution in [3.63, 3.8) is 0 Å². The molecule has 3 rings (SSSR count). The van der Waals surface area contributed by atoms with E-state index in [9.17, 15) is 14.7 Å². The van der Waals surface area contributed by atoms with Crippen LogP contribution in [0.3, 0.4) is 0 Å². The predicted molar refractivity (Wildman–Crippen MR) is 109 cm³/mol. The molecule has 0 radical (unpaired) electrons. The molecule has 5 N–H and O–H groups in total. The predicted octanol–water partition coefficient (Wildman–Crippen LogP) is 0.339. The van der Waals surface area contributed by atoms with Crippen molar-refractivity contribution in [3.05, 3.63) is 53.9 Å². The smallest absolute Gasteiger partial charge is 0.274 e. The van der Waals surface area contributed by atoms with Gasteiger partial charge in [0.05, 0.1) is 36.3 Å². The zero-order chi connectivity index (χ0) is 20.6. The van der Waals surface area contributed by atoms with E-state index in [1.54, 1.807) is 24.3 Å². The van der Waals surface area contributed by atoms with Crippen LogP contribution >= 0.6 is 0 Å². The van der Waals surface area contributed by atoms with Crippen molar-refractivity contribution in [2.24, 2.45) is 0 Å². The molecule has 0 bridgehead atoms. The number of nitrogens with zero attached hydrogens (tertiary/aromatic N) is 2. The van der Waals surface area contributed by atoms with Gasteiger partial charge in [-0.05, 0) is 24.3 Å². The van der Waals surface area contributed by atoms with E-state index in [2.05, 4.69) is 20.5 Å². The highest BCUT2D eigenvalue weighted by molar-refractivity contribution is 6.04. The quantitative estimate of drug-likeness (QED) is 0.494. The average molecular weight is 399 g/mol. The minimum absolute atomic E-state index is 0.131. The lowest BCUT2D eigenvalue weighted by molar-refractivity contribution is 0.0149. The highest BCUT2D eigenvalue weighted by Gasteiger charge is 2.16. The third kappa shape index (κ3) is 5.98. The van der Waals surface area contributed by atoms with E-state index in [-0.39, 0.29) is 18.1 Å². The number of morpholine rings is 1. The van der Waals surface area contributed by atoms with Gasteiger partial charge in [0.1, 0.15) is 5.69 Å². The number of pyridine rings is 1. The molecule has 0 saturated carbocycles. The molecule has 2 amide bonds. The minimum Gasteiger partial charge on any atom is -0.397 e. The molecule has 2 aromatic rings. The molecule has 154 valence electrons. The number of β-amino-alcohol motifs (C(OH)–C–C–N with tert-alkyl or cyclic N) is 1. The molecule has 1 aliphatic heterocycles. The van der Waals surface area contributed by atoms with Crippen LogP contribution in [0.1, 0.15) is 20.8 Å². The molecule has 1 fully saturated rings. The Morgan fingerprint density at radius 3 is 2.62 bits per heavy atom. The summed E-state index contributed by atoms with van der Waals surface area (Å²) >= 11 is 0. The highest BCUT2D eigenvalue weighted by atomic mass is 16.5. The fourth-order valence-corrected chi connectivity index (χ4v) is 2.92. The molecule has 0 spiro atoms. The van der Waals surface area contributed by atoms with Gasteiger partial charge in [-0.3, -0.25) is 19.5 Å². The standard InChI is InChI=1S/C20H25N5O4/c21-16-3-1-2-4-17(16)24-20(28)18-6-5-14(11-22-18)19(27)23-12-15(26)13-25-7-9-29-10-8-25/h1-6,11,15,26H,7-10,12-13,21H2,(H,23,27)(H,24,28). The fourth-order valence-electron chi connectivity index (χ4n) is 2.92. The molecule has 29 heavy (non-hydrogen) atoms. The normalized spacial score (nSPS) is 15.5. The summed E-state index contributed by atoms with van der Waals surface area (Å²) in [6, 6.07) is 9.89. The SMILES string of the molecule is Nc1ccccc1NC(=O)c1ccc(C(=O)NCC(O)CN2CCOCC2)cn1. The van der Waals surface area contributed by atoms with Crippen LogP contribution < -0.4 is 16.4 Å². The lowest BCUT2D eigenvalue weighted by atomic mass is 10.2. The van der Waals surface area contributed by atoms with Crippen LogP contribution in [0.5, 0.6) is 0 Å². The number of para-hydroxylation sites is 2. The van der Waals surface area contributed by atoms with Crippen molar-refractivity contribution in [2.45, 2.75) is 6.10 Å². The number of amides is 2. The largest absolute Gasteiger partial charge is 0.397 e. The Balaban J connectivity index is 1.49. The van der Waals surface area contributed by atoms with Gasteiger partial charge in [0.25, 0.3) is 11.8 Å². The van der Waals surface area contributed by atoms with E-state index in [1.165, 1.54) is 18.3 Å². The zero-order valence-corrected chi connectivity index (χ0v) is 16.0. The second-order valence-electron chi connectivity index (χ2n) is 6.75. The second-order valence-corrected chi connectivity index (χ2v) is 6.75. The molecule has 1 aliphatic rings. The van der Waals surface area contributed by atoms with Crippen molar-refractivity contribution in [1.29, 1.82) is 0 Å². The summed E-state index contributed by atoms with van der Waals surface area (Å²) in [6.07, 6.45) is 0.652. The first-order chi connectivity index (χ1) is 14.0. The first-order valence-corrected chi connectivity index (χ1v) is 9.41. The van der Waals surface area contributed by atoms with E-state index in [0.29, 0.717) is 36.7 Å². The number of aromatic nitrogens is 1. The number of rotatable bonds is 7. The van der Waals surface area contributed by atoms with E-state index in [1.807, 2.05) is 0 Å². The lowest BCUT2D eigenvalue weighted by Crippen LogP contribution is -2.44. The number of nitrogens with one attached hydrogen (secondary N) is 2. The Morgan fingerprint density at radius 1 is 1.17 bits per heavy atom. The third-order valence-corrected chi connectivity index (χ3v) is 4.54. The highest BCUT2D eigenvalue weighted by Crippen LogP contribution is 2.17. The average Bonchev–Trinajstić information content (AvgIpc) is 2.74. The van der Waals surface area contributed by atoms with E-state index >= 15 is 0 Å². The molecule has 2 heterocycles. The first-order valence-electron chi connectivity index (χ1n) is 9.41. The monoisotopic (exact) mass is 399 g/mol. The number of hydrogen-bond donors (Lipinski definition) is 4. The number of anilines is 2. The van der Waals surface area contributed by atoms with Gasteiger partial charge < -0.3 is 26.2 Å². The molecular formula is C20H25N5O4. The lowest BCUT2D eigenvalue weighted by Gasteiger charge is -2.28. The van der Waals surface area contributed by atoms with Gasteiger partial charge in [-0.2, -0.15) is 0 Å². The van der Waals surface area contributed by atoms with Crippen molar-refractivity contribution >= 4 is 23.2 Å². The van der Waals surface area contributed by atoms with Crippen molar-refractivity contribution in [1.82, 2.24) is 15.2 Å². The zero-order valence-electron chi connectivity index (χ0n) is 16.0. The number of carbonyl (C=O) groups excluding carboxylic acids is 2. The number of hydrogen-bond acceptors (Lipinski definition) is 7. The van der Waals surface area contributed by atoms with Gasteiger partial charge in [-0.1, -0.05) is 12.1 Å². The van der Waals surface area contributed by atoms with Gasteiger partial charge in [0, 0.05) is 32.4 Å². The molecule has 1 aromatic heterocycles. The Hall–Kier alpha value is -3.01. The molecule has 1 atom stereocenters. The molecule has 9 nitrogen and oxygen atoms in total. The topological polar surface area (TPSA) is 130 Å². The van der Waals surface area contributed by atoms with Crippen LogP contribution in [-0.4, -0.2) is 72.3 Å². The van der Waals surface area contributed by atoms with Crippen LogP contribution in [0, 0.1) is 0 Å². The van der Waals surface area contributed by atoms with E-state index in [0.717, 1.165) is 13.1 Å².